The molecule has 7 heteroatoms. The number of rotatable bonds is 10. The van der Waals surface area contributed by atoms with Crippen LogP contribution in [0.2, 0.25) is 0 Å². The lowest BCUT2D eigenvalue weighted by atomic mass is 9.91. The Morgan fingerprint density at radius 2 is 1.96 bits per heavy atom. The SMILES string of the molecule is CCCCCN1C(=O)N=C2C=C(C(=O)NCCN(CC)CC)C=CC2C1=O. The number of aliphatic imine (C=N–C) groups is 1. The highest BCUT2D eigenvalue weighted by atomic mass is 16.2. The van der Waals surface area contributed by atoms with Crippen molar-refractivity contribution in [3.63, 3.8) is 0 Å². The highest BCUT2D eigenvalue weighted by Gasteiger charge is 2.36. The second-order valence-corrected chi connectivity index (χ2v) is 6.74. The Hall–Kier alpha value is -2.28. The van der Waals surface area contributed by atoms with Crippen molar-refractivity contribution in [3.05, 3.63) is 23.8 Å². The van der Waals surface area contributed by atoms with Gasteiger partial charge in [-0.3, -0.25) is 14.5 Å². The number of likely N-dealkylation sites (N-methyl/N-ethyl adjacent to an activating group) is 1. The molecule has 0 saturated heterocycles. The van der Waals surface area contributed by atoms with Gasteiger partial charge in [0, 0.05) is 25.2 Å². The average Bonchev–Trinajstić information content (AvgIpc) is 2.67. The Bertz CT molecular complexity index is 662. The summed E-state index contributed by atoms with van der Waals surface area (Å²) in [5.41, 5.74) is 0.776. The molecule has 0 fully saturated rings. The van der Waals surface area contributed by atoms with E-state index in [-0.39, 0.29) is 11.8 Å². The lowest BCUT2D eigenvalue weighted by Gasteiger charge is -2.29. The largest absolute Gasteiger partial charge is 0.351 e. The second kappa shape index (κ2) is 10.2. The first kappa shape index (κ1) is 21.0. The molecule has 0 bridgehead atoms. The van der Waals surface area contributed by atoms with Crippen LogP contribution in [0.15, 0.2) is 28.8 Å². The Morgan fingerprint density at radius 1 is 1.22 bits per heavy atom. The summed E-state index contributed by atoms with van der Waals surface area (Å²) in [7, 11) is 0. The number of urea groups is 1. The van der Waals surface area contributed by atoms with Gasteiger partial charge in [0.1, 0.15) is 0 Å². The number of nitrogens with one attached hydrogen (secondary N) is 1. The van der Waals surface area contributed by atoms with E-state index < -0.39 is 11.9 Å². The molecule has 0 spiro atoms. The molecule has 0 aromatic heterocycles. The van der Waals surface area contributed by atoms with Gasteiger partial charge in [-0.15, -0.1) is 0 Å². The van der Waals surface area contributed by atoms with Crippen LogP contribution in [-0.2, 0) is 9.59 Å². The van der Waals surface area contributed by atoms with Gasteiger partial charge in [-0.05, 0) is 25.6 Å². The van der Waals surface area contributed by atoms with Gasteiger partial charge in [-0.2, -0.15) is 4.99 Å². The molecule has 2 rings (SSSR count). The van der Waals surface area contributed by atoms with Gasteiger partial charge in [0.05, 0.1) is 11.6 Å². The molecule has 7 nitrogen and oxygen atoms in total. The first-order valence-corrected chi connectivity index (χ1v) is 9.86. The van der Waals surface area contributed by atoms with E-state index in [0.29, 0.717) is 24.4 Å². The number of carbonyl (C=O) groups excluding carboxylic acids is 3. The monoisotopic (exact) mass is 374 g/mol. The number of imide groups is 1. The molecule has 0 aromatic carbocycles. The molecule has 1 aliphatic heterocycles. The maximum Gasteiger partial charge on any atom is 0.350 e. The Balaban J connectivity index is 1.99. The molecule has 0 aromatic rings. The van der Waals surface area contributed by atoms with Gasteiger partial charge in [0.15, 0.2) is 0 Å². The van der Waals surface area contributed by atoms with E-state index in [1.54, 1.807) is 18.2 Å². The fourth-order valence-corrected chi connectivity index (χ4v) is 3.18. The molecule has 1 unspecified atom stereocenters. The first-order chi connectivity index (χ1) is 13.0. The summed E-state index contributed by atoms with van der Waals surface area (Å²) in [5, 5.41) is 2.88. The molecule has 0 radical (unpaired) electrons. The van der Waals surface area contributed by atoms with E-state index >= 15 is 0 Å². The van der Waals surface area contributed by atoms with Crippen LogP contribution in [0, 0.1) is 5.92 Å². The number of unbranched alkanes of at least 4 members (excludes halogenated alkanes) is 2. The third kappa shape index (κ3) is 5.35. The molecule has 1 heterocycles. The van der Waals surface area contributed by atoms with E-state index in [9.17, 15) is 14.4 Å². The van der Waals surface area contributed by atoms with Crippen LogP contribution < -0.4 is 5.32 Å². The van der Waals surface area contributed by atoms with Crippen LogP contribution in [0.1, 0.15) is 40.0 Å². The summed E-state index contributed by atoms with van der Waals surface area (Å²) < 4.78 is 0. The Morgan fingerprint density at radius 3 is 2.63 bits per heavy atom. The van der Waals surface area contributed by atoms with Gasteiger partial charge in [-0.1, -0.05) is 45.8 Å². The summed E-state index contributed by atoms with van der Waals surface area (Å²) in [5.74, 6) is -1.05. The molecule has 27 heavy (non-hydrogen) atoms. The van der Waals surface area contributed by atoms with Crippen LogP contribution in [0.3, 0.4) is 0 Å². The predicted octanol–water partition coefficient (Wildman–Crippen LogP) is 2.15. The molecule has 0 saturated carbocycles. The zero-order chi connectivity index (χ0) is 19.8. The van der Waals surface area contributed by atoms with Crippen LogP contribution >= 0.6 is 0 Å². The summed E-state index contributed by atoms with van der Waals surface area (Å²) in [6.07, 6.45) is 7.63. The number of hydrogen-bond acceptors (Lipinski definition) is 4. The molecule has 1 N–H and O–H groups in total. The standard InChI is InChI=1S/C20H30N4O3/c1-4-7-8-12-24-19(26)16-10-9-15(14-17(16)22-20(24)27)18(25)21-11-13-23(5-2)6-3/h9-10,14,16H,4-8,11-13H2,1-3H3,(H,21,25). The lowest BCUT2D eigenvalue weighted by molar-refractivity contribution is -0.129. The molecule has 2 aliphatic rings. The van der Waals surface area contributed by atoms with E-state index in [0.717, 1.165) is 38.9 Å². The van der Waals surface area contributed by atoms with Crippen molar-refractivity contribution >= 4 is 23.6 Å². The fraction of sp³-hybridized carbons (Fsp3) is 0.600. The van der Waals surface area contributed by atoms with Gasteiger partial charge >= 0.3 is 6.03 Å². The van der Waals surface area contributed by atoms with E-state index in [1.165, 1.54) is 4.90 Å². The Kier molecular flexibility index (Phi) is 7.91. The summed E-state index contributed by atoms with van der Waals surface area (Å²) in [4.78, 5) is 44.6. The van der Waals surface area contributed by atoms with Crippen molar-refractivity contribution in [1.82, 2.24) is 15.1 Å². The number of allylic oxidation sites excluding steroid dienone is 1. The predicted molar refractivity (Wildman–Crippen MR) is 106 cm³/mol. The second-order valence-electron chi connectivity index (χ2n) is 6.74. The van der Waals surface area contributed by atoms with Crippen LogP contribution in [-0.4, -0.2) is 66.1 Å². The summed E-state index contributed by atoms with van der Waals surface area (Å²) in [6.45, 7) is 9.83. The number of hydrogen-bond donors (Lipinski definition) is 1. The van der Waals surface area contributed by atoms with Crippen LogP contribution in [0.4, 0.5) is 4.79 Å². The topological polar surface area (TPSA) is 82.1 Å². The minimum atomic E-state index is -0.573. The number of amides is 4. The van der Waals surface area contributed by atoms with Crippen molar-refractivity contribution in [2.75, 3.05) is 32.7 Å². The third-order valence-corrected chi connectivity index (χ3v) is 4.93. The van der Waals surface area contributed by atoms with Crippen molar-refractivity contribution in [3.8, 4) is 0 Å². The number of nitrogens with zero attached hydrogens (tertiary/aromatic N) is 3. The zero-order valence-electron chi connectivity index (χ0n) is 16.5. The highest BCUT2D eigenvalue weighted by Crippen LogP contribution is 2.22. The highest BCUT2D eigenvalue weighted by molar-refractivity contribution is 6.23. The third-order valence-electron chi connectivity index (χ3n) is 4.93. The quantitative estimate of drug-likeness (QED) is 0.594. The van der Waals surface area contributed by atoms with Gasteiger partial charge in [0.2, 0.25) is 5.91 Å². The fourth-order valence-electron chi connectivity index (χ4n) is 3.18. The van der Waals surface area contributed by atoms with E-state index in [2.05, 4.69) is 36.0 Å². The maximum atomic E-state index is 12.6. The van der Waals surface area contributed by atoms with Gasteiger partial charge in [0.25, 0.3) is 5.91 Å². The van der Waals surface area contributed by atoms with Crippen molar-refractivity contribution in [2.45, 2.75) is 40.0 Å². The summed E-state index contributed by atoms with van der Waals surface area (Å²) in [6, 6.07) is -0.532. The van der Waals surface area contributed by atoms with Crippen molar-refractivity contribution in [1.29, 1.82) is 0 Å². The average molecular weight is 374 g/mol. The molecular formula is C20H30N4O3. The summed E-state index contributed by atoms with van der Waals surface area (Å²) >= 11 is 0. The minimum Gasteiger partial charge on any atom is -0.351 e. The van der Waals surface area contributed by atoms with Crippen LogP contribution in [0.5, 0.6) is 0 Å². The normalized spacial score (nSPS) is 19.1. The van der Waals surface area contributed by atoms with Crippen molar-refractivity contribution < 1.29 is 14.4 Å². The minimum absolute atomic E-state index is 0.218. The van der Waals surface area contributed by atoms with Crippen molar-refractivity contribution in [2.24, 2.45) is 10.9 Å². The Labute approximate surface area is 161 Å². The number of fused-ring (bicyclic) bond motifs is 1. The van der Waals surface area contributed by atoms with Crippen LogP contribution in [0.25, 0.3) is 0 Å². The number of carbonyl (C=O) groups is 3. The van der Waals surface area contributed by atoms with Gasteiger partial charge in [-0.25, -0.2) is 4.79 Å². The first-order valence-electron chi connectivity index (χ1n) is 9.86. The maximum absolute atomic E-state index is 12.6. The molecule has 4 amide bonds. The molecule has 148 valence electrons. The molecular weight excluding hydrogens is 344 g/mol. The van der Waals surface area contributed by atoms with Gasteiger partial charge < -0.3 is 10.2 Å². The smallest absolute Gasteiger partial charge is 0.350 e. The van der Waals surface area contributed by atoms with E-state index in [4.69, 9.17) is 0 Å². The molecule has 1 atom stereocenters. The molecule has 1 aliphatic carbocycles. The zero-order valence-corrected chi connectivity index (χ0v) is 16.5. The lowest BCUT2D eigenvalue weighted by Crippen LogP contribution is -2.46. The van der Waals surface area contributed by atoms with E-state index in [1.807, 2.05) is 0 Å².